The third kappa shape index (κ3) is 1.79. The van der Waals surface area contributed by atoms with E-state index in [0.29, 0.717) is 17.1 Å². The van der Waals surface area contributed by atoms with Crippen LogP contribution in [0.4, 0.5) is 0 Å². The summed E-state index contributed by atoms with van der Waals surface area (Å²) in [4.78, 5) is 12.4. The van der Waals surface area contributed by atoms with Crippen molar-refractivity contribution in [3.63, 3.8) is 0 Å². The molecular formula is C20H30O. The van der Waals surface area contributed by atoms with E-state index in [2.05, 4.69) is 26.8 Å². The zero-order valence-corrected chi connectivity index (χ0v) is 14.0. The van der Waals surface area contributed by atoms with Crippen molar-refractivity contribution in [1.29, 1.82) is 0 Å². The molecule has 4 rings (SSSR count). The molecule has 0 aromatic carbocycles. The molecule has 1 heteroatoms. The maximum atomic E-state index is 12.4. The van der Waals surface area contributed by atoms with Crippen molar-refractivity contribution in [1.82, 2.24) is 0 Å². The Labute approximate surface area is 129 Å². The van der Waals surface area contributed by atoms with E-state index in [1.54, 1.807) is 5.57 Å². The molecule has 1 nitrogen and oxygen atoms in total. The summed E-state index contributed by atoms with van der Waals surface area (Å²) in [6, 6.07) is 0. The Morgan fingerprint density at radius 2 is 1.67 bits per heavy atom. The molecule has 3 fully saturated rings. The van der Waals surface area contributed by atoms with Crippen LogP contribution < -0.4 is 0 Å². The maximum absolute atomic E-state index is 12.4. The van der Waals surface area contributed by atoms with Gasteiger partial charge in [0.1, 0.15) is 5.78 Å². The minimum absolute atomic E-state index is 0.0424. The van der Waals surface area contributed by atoms with Gasteiger partial charge in [-0.2, -0.15) is 0 Å². The summed E-state index contributed by atoms with van der Waals surface area (Å²) in [7, 11) is 0. The molecule has 0 aromatic rings. The van der Waals surface area contributed by atoms with Crippen LogP contribution in [0.3, 0.4) is 0 Å². The molecule has 0 aliphatic heterocycles. The summed E-state index contributed by atoms with van der Waals surface area (Å²) in [5.41, 5.74) is 2.28. The average molecular weight is 286 g/mol. The monoisotopic (exact) mass is 286 g/mol. The first kappa shape index (κ1) is 14.0. The molecule has 4 aliphatic carbocycles. The fraction of sp³-hybridized carbons (Fsp3) is 0.850. The zero-order valence-electron chi connectivity index (χ0n) is 14.0. The maximum Gasteiger partial charge on any atom is 0.139 e. The van der Waals surface area contributed by atoms with E-state index in [0.717, 1.165) is 30.6 Å². The van der Waals surface area contributed by atoms with Gasteiger partial charge in [-0.1, -0.05) is 32.4 Å². The van der Waals surface area contributed by atoms with E-state index in [-0.39, 0.29) is 5.41 Å². The molecule has 4 aliphatic rings. The predicted octanol–water partition coefficient (Wildman–Crippen LogP) is 5.15. The van der Waals surface area contributed by atoms with Crippen molar-refractivity contribution in [3.8, 4) is 0 Å². The van der Waals surface area contributed by atoms with Gasteiger partial charge < -0.3 is 0 Å². The number of rotatable bonds is 0. The van der Waals surface area contributed by atoms with Gasteiger partial charge in [0.05, 0.1) is 0 Å². The first-order chi connectivity index (χ1) is 9.95. The lowest BCUT2D eigenvalue weighted by Gasteiger charge is -2.57. The highest BCUT2D eigenvalue weighted by atomic mass is 16.1. The minimum atomic E-state index is 0.0424. The van der Waals surface area contributed by atoms with E-state index in [1.165, 1.54) is 38.5 Å². The van der Waals surface area contributed by atoms with Crippen molar-refractivity contribution >= 4 is 5.78 Å². The van der Waals surface area contributed by atoms with Crippen LogP contribution in [0, 0.1) is 34.5 Å². The largest absolute Gasteiger partial charge is 0.299 e. The first-order valence-electron chi connectivity index (χ1n) is 9.19. The van der Waals surface area contributed by atoms with Gasteiger partial charge in [0.25, 0.3) is 0 Å². The Balaban J connectivity index is 1.69. The molecule has 1 unspecified atom stereocenters. The number of ketones is 1. The third-order valence-electron chi connectivity index (χ3n) is 8.05. The van der Waals surface area contributed by atoms with Crippen molar-refractivity contribution in [3.05, 3.63) is 11.6 Å². The van der Waals surface area contributed by atoms with Crippen LogP contribution in [0.25, 0.3) is 0 Å². The molecule has 0 amide bonds. The summed E-state index contributed by atoms with van der Waals surface area (Å²) in [6.07, 6.45) is 12.5. The second-order valence-electron chi connectivity index (χ2n) is 8.96. The summed E-state index contributed by atoms with van der Waals surface area (Å²) in [5.74, 6) is 3.74. The smallest absolute Gasteiger partial charge is 0.139 e. The summed E-state index contributed by atoms with van der Waals surface area (Å²) in [5, 5.41) is 0. The standard InChI is InChI=1S/C20H30O/c1-13-8-10-19(2)14(12-13)4-5-15-16-6-7-18(21)20(16,3)11-9-17(15)19/h12-13,15-17H,4-11H2,1-3H3/t13?,15-,16-,17-,19-,20-/m0/s1. The van der Waals surface area contributed by atoms with Crippen LogP contribution in [-0.4, -0.2) is 5.78 Å². The van der Waals surface area contributed by atoms with Gasteiger partial charge in [0.2, 0.25) is 0 Å². The van der Waals surface area contributed by atoms with Crippen LogP contribution in [0.2, 0.25) is 0 Å². The molecule has 0 saturated heterocycles. The molecule has 6 atom stereocenters. The van der Waals surface area contributed by atoms with Crippen LogP contribution in [0.5, 0.6) is 0 Å². The topological polar surface area (TPSA) is 17.1 Å². The summed E-state index contributed by atoms with van der Waals surface area (Å²) in [6.45, 7) is 7.23. The quantitative estimate of drug-likeness (QED) is 0.562. The highest BCUT2D eigenvalue weighted by Gasteiger charge is 2.58. The molecule has 0 spiro atoms. The van der Waals surface area contributed by atoms with Crippen LogP contribution in [0.1, 0.15) is 72.1 Å². The number of fused-ring (bicyclic) bond motifs is 5. The fourth-order valence-corrected chi connectivity index (χ4v) is 6.67. The van der Waals surface area contributed by atoms with E-state index in [4.69, 9.17) is 0 Å². The first-order valence-corrected chi connectivity index (χ1v) is 9.19. The molecule has 0 N–H and O–H groups in total. The number of hydrogen-bond acceptors (Lipinski definition) is 1. The SMILES string of the molecule is CC1C=C2CC[C@@H]3[C@H](CC[C@]4(C)C(=O)CC[C@@H]34)[C@@]2(C)CC1. The van der Waals surface area contributed by atoms with Crippen molar-refractivity contribution in [2.75, 3.05) is 0 Å². The highest BCUT2D eigenvalue weighted by molar-refractivity contribution is 5.87. The van der Waals surface area contributed by atoms with Gasteiger partial charge in [0, 0.05) is 11.8 Å². The number of allylic oxidation sites excluding steroid dienone is 2. The lowest BCUT2D eigenvalue weighted by atomic mass is 9.47. The molecule has 3 saturated carbocycles. The molecule has 0 heterocycles. The number of Topliss-reactive ketones (excluding diaryl/α,β-unsaturated/α-hetero) is 1. The van der Waals surface area contributed by atoms with E-state index >= 15 is 0 Å². The van der Waals surface area contributed by atoms with Crippen molar-refractivity contribution in [2.24, 2.45) is 34.5 Å². The second-order valence-corrected chi connectivity index (χ2v) is 8.96. The van der Waals surface area contributed by atoms with Gasteiger partial charge in [0.15, 0.2) is 0 Å². The zero-order chi connectivity index (χ0) is 14.8. The number of hydrogen-bond donors (Lipinski definition) is 0. The van der Waals surface area contributed by atoms with E-state index in [9.17, 15) is 4.79 Å². The van der Waals surface area contributed by atoms with E-state index in [1.807, 2.05) is 0 Å². The minimum Gasteiger partial charge on any atom is -0.299 e. The van der Waals surface area contributed by atoms with E-state index < -0.39 is 0 Å². The molecule has 0 bridgehead atoms. The van der Waals surface area contributed by atoms with Crippen LogP contribution in [0.15, 0.2) is 11.6 Å². The Kier molecular flexibility index (Phi) is 2.98. The van der Waals surface area contributed by atoms with Gasteiger partial charge in [-0.05, 0) is 74.0 Å². The van der Waals surface area contributed by atoms with Gasteiger partial charge in [-0.15, -0.1) is 0 Å². The molecule has 0 radical (unpaired) electrons. The van der Waals surface area contributed by atoms with Crippen LogP contribution >= 0.6 is 0 Å². The Hall–Kier alpha value is -0.590. The average Bonchev–Trinajstić information content (AvgIpc) is 2.76. The van der Waals surface area contributed by atoms with Crippen molar-refractivity contribution < 1.29 is 4.79 Å². The predicted molar refractivity (Wildman–Crippen MR) is 85.9 cm³/mol. The van der Waals surface area contributed by atoms with Gasteiger partial charge >= 0.3 is 0 Å². The third-order valence-corrected chi connectivity index (χ3v) is 8.05. The fourth-order valence-electron chi connectivity index (χ4n) is 6.67. The lowest BCUT2D eigenvalue weighted by Crippen LogP contribution is -2.50. The highest BCUT2D eigenvalue weighted by Crippen LogP contribution is 2.64. The molecular weight excluding hydrogens is 256 g/mol. The summed E-state index contributed by atoms with van der Waals surface area (Å²) < 4.78 is 0. The molecule has 116 valence electrons. The number of carbonyl (C=O) groups excluding carboxylic acids is 1. The summed E-state index contributed by atoms with van der Waals surface area (Å²) >= 11 is 0. The Morgan fingerprint density at radius 3 is 2.48 bits per heavy atom. The second kappa shape index (κ2) is 4.46. The lowest BCUT2D eigenvalue weighted by molar-refractivity contribution is -0.132. The Morgan fingerprint density at radius 1 is 0.952 bits per heavy atom. The van der Waals surface area contributed by atoms with Crippen LogP contribution in [-0.2, 0) is 4.79 Å². The van der Waals surface area contributed by atoms with Gasteiger partial charge in [-0.3, -0.25) is 4.79 Å². The normalized spacial score (nSPS) is 52.7. The van der Waals surface area contributed by atoms with Crippen molar-refractivity contribution in [2.45, 2.75) is 72.1 Å². The van der Waals surface area contributed by atoms with Gasteiger partial charge in [-0.25, -0.2) is 0 Å². The Bertz CT molecular complexity index is 504. The molecule has 0 aromatic heterocycles. The number of carbonyl (C=O) groups is 1. The molecule has 21 heavy (non-hydrogen) atoms.